The quantitative estimate of drug-likeness (QED) is 0.789. The number of benzene rings is 1. The second-order valence-electron chi connectivity index (χ2n) is 4.66. The summed E-state index contributed by atoms with van der Waals surface area (Å²) in [6.07, 6.45) is 3.10. The number of primary amides is 1. The number of rotatable bonds is 7. The third kappa shape index (κ3) is 4.70. The van der Waals surface area contributed by atoms with Crippen molar-refractivity contribution < 1.29 is 19.1 Å². The van der Waals surface area contributed by atoms with Gasteiger partial charge in [0.05, 0.1) is 12.7 Å². The van der Waals surface area contributed by atoms with Gasteiger partial charge >= 0.3 is 0 Å². The van der Waals surface area contributed by atoms with Crippen LogP contribution in [0.2, 0.25) is 0 Å². The Morgan fingerprint density at radius 3 is 2.74 bits per heavy atom. The maximum absolute atomic E-state index is 12.0. The van der Waals surface area contributed by atoms with Gasteiger partial charge in [0.25, 0.3) is 11.8 Å². The van der Waals surface area contributed by atoms with Gasteiger partial charge in [-0.15, -0.1) is 0 Å². The topological polar surface area (TPSA) is 104 Å². The first-order chi connectivity index (χ1) is 11.1. The normalized spacial score (nSPS) is 9.96. The van der Waals surface area contributed by atoms with Gasteiger partial charge in [-0.1, -0.05) is 6.07 Å². The van der Waals surface area contributed by atoms with Crippen LogP contribution in [0.5, 0.6) is 11.5 Å². The number of ether oxygens (including phenoxy) is 2. The Balaban J connectivity index is 2.00. The summed E-state index contributed by atoms with van der Waals surface area (Å²) in [7, 11) is 1.49. The summed E-state index contributed by atoms with van der Waals surface area (Å²) in [5, 5.41) is 2.79. The average molecular weight is 315 g/mol. The molecule has 0 aliphatic carbocycles. The molecule has 0 fully saturated rings. The second kappa shape index (κ2) is 7.79. The molecule has 0 saturated carbocycles. The van der Waals surface area contributed by atoms with E-state index < -0.39 is 5.91 Å². The first-order valence-electron chi connectivity index (χ1n) is 6.86. The maximum Gasteiger partial charge on any atom is 0.255 e. The standard InChI is InChI=1S/C16H17N3O4/c1-22-14-7-11(4-5-13(14)23-10-15(17)20)8-19-16(21)12-3-2-6-18-9-12/h2-7,9H,8,10H2,1H3,(H2,17,20)(H,19,21). The molecule has 23 heavy (non-hydrogen) atoms. The largest absolute Gasteiger partial charge is 0.493 e. The van der Waals surface area contributed by atoms with Gasteiger partial charge in [0, 0.05) is 18.9 Å². The summed E-state index contributed by atoms with van der Waals surface area (Å²) in [6, 6.07) is 8.53. The number of pyridine rings is 1. The molecule has 0 radical (unpaired) electrons. The van der Waals surface area contributed by atoms with Crippen LogP contribution in [-0.4, -0.2) is 30.5 Å². The minimum absolute atomic E-state index is 0.217. The second-order valence-corrected chi connectivity index (χ2v) is 4.66. The summed E-state index contributed by atoms with van der Waals surface area (Å²) >= 11 is 0. The number of carbonyl (C=O) groups is 2. The van der Waals surface area contributed by atoms with Gasteiger partial charge in [-0.05, 0) is 29.8 Å². The number of nitrogens with zero attached hydrogens (tertiary/aromatic N) is 1. The minimum atomic E-state index is -0.570. The number of methoxy groups -OCH3 is 1. The SMILES string of the molecule is COc1cc(CNC(=O)c2cccnc2)ccc1OCC(N)=O. The van der Waals surface area contributed by atoms with Crippen molar-refractivity contribution in [3.05, 3.63) is 53.9 Å². The van der Waals surface area contributed by atoms with E-state index in [4.69, 9.17) is 15.2 Å². The summed E-state index contributed by atoms with van der Waals surface area (Å²) in [5.41, 5.74) is 6.35. The molecule has 2 rings (SSSR count). The van der Waals surface area contributed by atoms with E-state index in [0.29, 0.717) is 23.6 Å². The number of carbonyl (C=O) groups excluding carboxylic acids is 2. The molecule has 0 aliphatic heterocycles. The lowest BCUT2D eigenvalue weighted by Gasteiger charge is -2.11. The van der Waals surface area contributed by atoms with E-state index in [1.165, 1.54) is 13.3 Å². The average Bonchev–Trinajstić information content (AvgIpc) is 2.58. The van der Waals surface area contributed by atoms with E-state index in [-0.39, 0.29) is 12.5 Å². The molecular weight excluding hydrogens is 298 g/mol. The first-order valence-corrected chi connectivity index (χ1v) is 6.86. The maximum atomic E-state index is 12.0. The van der Waals surface area contributed by atoms with E-state index in [1.807, 2.05) is 0 Å². The fourth-order valence-corrected chi connectivity index (χ4v) is 1.87. The Bertz CT molecular complexity index is 689. The zero-order valence-corrected chi connectivity index (χ0v) is 12.6. The highest BCUT2D eigenvalue weighted by molar-refractivity contribution is 5.93. The summed E-state index contributed by atoms with van der Waals surface area (Å²) in [5.74, 6) is 0.0824. The lowest BCUT2D eigenvalue weighted by molar-refractivity contribution is -0.119. The van der Waals surface area contributed by atoms with Crippen molar-refractivity contribution in [3.8, 4) is 11.5 Å². The molecule has 2 aromatic rings. The molecule has 7 heteroatoms. The lowest BCUT2D eigenvalue weighted by atomic mass is 10.2. The van der Waals surface area contributed by atoms with Crippen LogP contribution in [0.25, 0.3) is 0 Å². The highest BCUT2D eigenvalue weighted by Crippen LogP contribution is 2.28. The van der Waals surface area contributed by atoms with Crippen molar-refractivity contribution in [1.29, 1.82) is 0 Å². The molecule has 120 valence electrons. The Hall–Kier alpha value is -3.09. The Labute approximate surface area is 133 Å². The van der Waals surface area contributed by atoms with Gasteiger partial charge in [-0.25, -0.2) is 0 Å². The number of nitrogens with one attached hydrogen (secondary N) is 1. The molecule has 0 aliphatic rings. The van der Waals surface area contributed by atoms with Crippen molar-refractivity contribution in [2.75, 3.05) is 13.7 Å². The van der Waals surface area contributed by atoms with E-state index in [0.717, 1.165) is 5.56 Å². The molecule has 0 spiro atoms. The zero-order valence-electron chi connectivity index (χ0n) is 12.6. The van der Waals surface area contributed by atoms with Gasteiger partial charge in [0.15, 0.2) is 18.1 Å². The molecule has 1 aromatic heterocycles. The molecule has 0 atom stereocenters. The van der Waals surface area contributed by atoms with Crippen LogP contribution in [-0.2, 0) is 11.3 Å². The minimum Gasteiger partial charge on any atom is -0.493 e. The van der Waals surface area contributed by atoms with Gasteiger partial charge < -0.3 is 20.5 Å². The van der Waals surface area contributed by atoms with Crippen molar-refractivity contribution >= 4 is 11.8 Å². The molecule has 1 aromatic carbocycles. The predicted molar refractivity (Wildman–Crippen MR) is 83.1 cm³/mol. The van der Waals surface area contributed by atoms with Gasteiger partial charge in [-0.2, -0.15) is 0 Å². The first kappa shape index (κ1) is 16.3. The Morgan fingerprint density at radius 1 is 1.26 bits per heavy atom. The number of hydrogen-bond donors (Lipinski definition) is 2. The molecule has 3 N–H and O–H groups in total. The van der Waals surface area contributed by atoms with Gasteiger partial charge in [0.1, 0.15) is 0 Å². The lowest BCUT2D eigenvalue weighted by Crippen LogP contribution is -2.23. The van der Waals surface area contributed by atoms with E-state index in [1.54, 1.807) is 36.5 Å². The summed E-state index contributed by atoms with van der Waals surface area (Å²) in [4.78, 5) is 26.6. The van der Waals surface area contributed by atoms with Crippen LogP contribution in [0, 0.1) is 0 Å². The number of hydrogen-bond acceptors (Lipinski definition) is 5. The van der Waals surface area contributed by atoms with Crippen LogP contribution >= 0.6 is 0 Å². The van der Waals surface area contributed by atoms with Gasteiger partial charge in [0.2, 0.25) is 0 Å². The Morgan fingerprint density at radius 2 is 2.09 bits per heavy atom. The summed E-state index contributed by atoms with van der Waals surface area (Å²) in [6.45, 7) is 0.0909. The smallest absolute Gasteiger partial charge is 0.255 e. The third-order valence-corrected chi connectivity index (χ3v) is 2.97. The zero-order chi connectivity index (χ0) is 16.7. The third-order valence-electron chi connectivity index (χ3n) is 2.97. The fraction of sp³-hybridized carbons (Fsp3) is 0.188. The van der Waals surface area contributed by atoms with Crippen LogP contribution in [0.3, 0.4) is 0 Å². The molecule has 0 bridgehead atoms. The Kier molecular flexibility index (Phi) is 5.51. The van der Waals surface area contributed by atoms with Crippen LogP contribution < -0.4 is 20.5 Å². The van der Waals surface area contributed by atoms with Crippen molar-refractivity contribution in [1.82, 2.24) is 10.3 Å². The van der Waals surface area contributed by atoms with Crippen LogP contribution in [0.4, 0.5) is 0 Å². The van der Waals surface area contributed by atoms with E-state index >= 15 is 0 Å². The van der Waals surface area contributed by atoms with Crippen molar-refractivity contribution in [3.63, 3.8) is 0 Å². The molecule has 2 amide bonds. The van der Waals surface area contributed by atoms with Crippen LogP contribution in [0.1, 0.15) is 15.9 Å². The number of aromatic nitrogens is 1. The predicted octanol–water partition coefficient (Wildman–Crippen LogP) is 0.884. The highest BCUT2D eigenvalue weighted by Gasteiger charge is 2.09. The molecule has 0 unspecified atom stereocenters. The molecule has 1 heterocycles. The number of amides is 2. The monoisotopic (exact) mass is 315 g/mol. The van der Waals surface area contributed by atoms with E-state index in [2.05, 4.69) is 10.3 Å². The van der Waals surface area contributed by atoms with Gasteiger partial charge in [-0.3, -0.25) is 14.6 Å². The number of nitrogens with two attached hydrogens (primary N) is 1. The molecule has 0 saturated heterocycles. The van der Waals surface area contributed by atoms with E-state index in [9.17, 15) is 9.59 Å². The molecular formula is C16H17N3O4. The van der Waals surface area contributed by atoms with Crippen molar-refractivity contribution in [2.24, 2.45) is 5.73 Å². The van der Waals surface area contributed by atoms with Crippen molar-refractivity contribution in [2.45, 2.75) is 6.54 Å². The highest BCUT2D eigenvalue weighted by atomic mass is 16.5. The van der Waals surface area contributed by atoms with Crippen LogP contribution in [0.15, 0.2) is 42.7 Å². The summed E-state index contributed by atoms with van der Waals surface area (Å²) < 4.78 is 10.5. The fourth-order valence-electron chi connectivity index (χ4n) is 1.87. The molecule has 7 nitrogen and oxygen atoms in total.